The van der Waals surface area contributed by atoms with Gasteiger partial charge in [-0.2, -0.15) is 0 Å². The first-order valence-corrected chi connectivity index (χ1v) is 7.42. The molecule has 7 heteroatoms. The minimum atomic E-state index is -0.855. The molecule has 0 bridgehead atoms. The van der Waals surface area contributed by atoms with Gasteiger partial charge in [-0.1, -0.05) is 40.5 Å². The van der Waals surface area contributed by atoms with E-state index in [1.165, 1.54) is 31.3 Å². The molecule has 0 fully saturated rings. The molecule has 0 aliphatic carbocycles. The summed E-state index contributed by atoms with van der Waals surface area (Å²) in [6.07, 6.45) is 0.467. The van der Waals surface area contributed by atoms with E-state index in [0.717, 1.165) is 0 Å². The Hall–Kier alpha value is -2.11. The van der Waals surface area contributed by atoms with E-state index in [1.807, 2.05) is 0 Å². The molecule has 0 heterocycles. The SMILES string of the molecule is C[C@@H](O/N=C\c1cccc(F)c1)C(=O)Nc1ccc(Cl)cc1Cl. The van der Waals surface area contributed by atoms with Crippen LogP contribution in [0.15, 0.2) is 47.6 Å². The van der Waals surface area contributed by atoms with Crippen molar-refractivity contribution in [2.24, 2.45) is 5.16 Å². The number of rotatable bonds is 5. The van der Waals surface area contributed by atoms with Crippen molar-refractivity contribution in [2.75, 3.05) is 5.32 Å². The maximum Gasteiger partial charge on any atom is 0.268 e. The first kappa shape index (κ1) is 17.2. The minimum Gasteiger partial charge on any atom is -0.383 e. The van der Waals surface area contributed by atoms with E-state index in [0.29, 0.717) is 21.3 Å². The predicted molar refractivity (Wildman–Crippen MR) is 89.6 cm³/mol. The number of carbonyl (C=O) groups is 1. The summed E-state index contributed by atoms with van der Waals surface area (Å²) in [5.41, 5.74) is 0.948. The highest BCUT2D eigenvalue weighted by molar-refractivity contribution is 6.36. The van der Waals surface area contributed by atoms with E-state index in [1.54, 1.807) is 24.3 Å². The number of halogens is 3. The minimum absolute atomic E-state index is 0.321. The van der Waals surface area contributed by atoms with Gasteiger partial charge in [0.25, 0.3) is 5.91 Å². The van der Waals surface area contributed by atoms with Crippen LogP contribution in [0.2, 0.25) is 10.0 Å². The van der Waals surface area contributed by atoms with Crippen LogP contribution in [0.25, 0.3) is 0 Å². The Labute approximate surface area is 142 Å². The summed E-state index contributed by atoms with van der Waals surface area (Å²) in [5, 5.41) is 7.07. The average Bonchev–Trinajstić information content (AvgIpc) is 2.50. The maximum atomic E-state index is 13.0. The number of nitrogens with zero attached hydrogens (tertiary/aromatic N) is 1. The molecule has 2 aromatic rings. The topological polar surface area (TPSA) is 50.7 Å². The predicted octanol–water partition coefficient (Wildman–Crippen LogP) is 4.51. The van der Waals surface area contributed by atoms with Crippen LogP contribution >= 0.6 is 23.2 Å². The normalized spacial score (nSPS) is 12.2. The fourth-order valence-electron chi connectivity index (χ4n) is 1.64. The molecule has 0 unspecified atom stereocenters. The molecule has 0 saturated heterocycles. The van der Waals surface area contributed by atoms with Crippen LogP contribution in [0.4, 0.5) is 10.1 Å². The summed E-state index contributed by atoms with van der Waals surface area (Å²) >= 11 is 11.8. The zero-order chi connectivity index (χ0) is 16.8. The third kappa shape index (κ3) is 5.23. The molecule has 0 spiro atoms. The van der Waals surface area contributed by atoms with Crippen LogP contribution < -0.4 is 5.32 Å². The van der Waals surface area contributed by atoms with E-state index in [2.05, 4.69) is 10.5 Å². The van der Waals surface area contributed by atoms with E-state index < -0.39 is 12.0 Å². The highest BCUT2D eigenvalue weighted by Crippen LogP contribution is 2.25. The van der Waals surface area contributed by atoms with Crippen molar-refractivity contribution in [3.63, 3.8) is 0 Å². The van der Waals surface area contributed by atoms with Gasteiger partial charge < -0.3 is 10.2 Å². The van der Waals surface area contributed by atoms with Crippen molar-refractivity contribution in [1.82, 2.24) is 0 Å². The zero-order valence-corrected chi connectivity index (χ0v) is 13.6. The number of amides is 1. The van der Waals surface area contributed by atoms with E-state index in [4.69, 9.17) is 28.0 Å². The Bertz CT molecular complexity index is 738. The fraction of sp³-hybridized carbons (Fsp3) is 0.125. The summed E-state index contributed by atoms with van der Waals surface area (Å²) in [5.74, 6) is -0.803. The van der Waals surface area contributed by atoms with Crippen molar-refractivity contribution in [2.45, 2.75) is 13.0 Å². The lowest BCUT2D eigenvalue weighted by molar-refractivity contribution is -0.126. The van der Waals surface area contributed by atoms with Crippen LogP contribution in [0.1, 0.15) is 12.5 Å². The Morgan fingerprint density at radius 3 is 2.78 bits per heavy atom. The van der Waals surface area contributed by atoms with Gasteiger partial charge in [-0.3, -0.25) is 4.79 Å². The fourth-order valence-corrected chi connectivity index (χ4v) is 2.10. The summed E-state index contributed by atoms with van der Waals surface area (Å²) in [7, 11) is 0. The molecule has 0 radical (unpaired) electrons. The summed E-state index contributed by atoms with van der Waals surface area (Å²) in [4.78, 5) is 17.0. The second-order valence-electron chi connectivity index (χ2n) is 4.65. The number of carbonyl (C=O) groups excluding carboxylic acids is 1. The summed E-state index contributed by atoms with van der Waals surface area (Å²) < 4.78 is 13.0. The molecule has 1 N–H and O–H groups in total. The van der Waals surface area contributed by atoms with Crippen LogP contribution in [0, 0.1) is 5.82 Å². The molecule has 0 aliphatic rings. The van der Waals surface area contributed by atoms with Gasteiger partial charge in [0.05, 0.1) is 16.9 Å². The highest BCUT2D eigenvalue weighted by atomic mass is 35.5. The molecule has 4 nitrogen and oxygen atoms in total. The molecule has 1 atom stereocenters. The molecule has 0 aromatic heterocycles. The average molecular weight is 355 g/mol. The molecule has 120 valence electrons. The van der Waals surface area contributed by atoms with Gasteiger partial charge in [0, 0.05) is 5.02 Å². The molecule has 23 heavy (non-hydrogen) atoms. The van der Waals surface area contributed by atoms with E-state index in [9.17, 15) is 9.18 Å². The van der Waals surface area contributed by atoms with Crippen molar-refractivity contribution in [3.8, 4) is 0 Å². The van der Waals surface area contributed by atoms with Crippen LogP contribution in [0.5, 0.6) is 0 Å². The van der Waals surface area contributed by atoms with Gasteiger partial charge >= 0.3 is 0 Å². The monoisotopic (exact) mass is 354 g/mol. The largest absolute Gasteiger partial charge is 0.383 e. The number of hydrogen-bond acceptors (Lipinski definition) is 3. The van der Waals surface area contributed by atoms with Crippen LogP contribution in [-0.2, 0) is 9.63 Å². The van der Waals surface area contributed by atoms with E-state index >= 15 is 0 Å². The van der Waals surface area contributed by atoms with Crippen LogP contribution in [0.3, 0.4) is 0 Å². The molecule has 2 aromatic carbocycles. The van der Waals surface area contributed by atoms with Gasteiger partial charge in [-0.05, 0) is 42.8 Å². The Morgan fingerprint density at radius 1 is 1.30 bits per heavy atom. The first-order chi connectivity index (χ1) is 11.0. The summed E-state index contributed by atoms with van der Waals surface area (Å²) in [6.45, 7) is 1.53. The lowest BCUT2D eigenvalue weighted by atomic mass is 10.2. The van der Waals surface area contributed by atoms with Crippen molar-refractivity contribution in [3.05, 3.63) is 63.9 Å². The highest BCUT2D eigenvalue weighted by Gasteiger charge is 2.15. The smallest absolute Gasteiger partial charge is 0.268 e. The molecular formula is C16H13Cl2FN2O2. The molecule has 1 amide bonds. The van der Waals surface area contributed by atoms with Crippen LogP contribution in [-0.4, -0.2) is 18.2 Å². The van der Waals surface area contributed by atoms with Crippen molar-refractivity contribution in [1.29, 1.82) is 0 Å². The molecule has 2 rings (SSSR count). The summed E-state index contributed by atoms with van der Waals surface area (Å²) in [6, 6.07) is 10.5. The number of benzene rings is 2. The van der Waals surface area contributed by atoms with Crippen molar-refractivity contribution < 1.29 is 14.0 Å². The third-order valence-electron chi connectivity index (χ3n) is 2.83. The van der Waals surface area contributed by atoms with Gasteiger partial charge in [-0.15, -0.1) is 0 Å². The number of oxime groups is 1. The Balaban J connectivity index is 1.92. The lowest BCUT2D eigenvalue weighted by Gasteiger charge is -2.11. The number of nitrogens with one attached hydrogen (secondary N) is 1. The second kappa shape index (κ2) is 7.94. The van der Waals surface area contributed by atoms with Crippen molar-refractivity contribution >= 4 is 41.0 Å². The molecule has 0 saturated carbocycles. The van der Waals surface area contributed by atoms with E-state index in [-0.39, 0.29) is 5.82 Å². The lowest BCUT2D eigenvalue weighted by Crippen LogP contribution is -2.26. The standard InChI is InChI=1S/C16H13Cl2FN2O2/c1-10(23-20-9-11-3-2-4-13(19)7-11)16(22)21-15-6-5-12(17)8-14(15)18/h2-10H,1H3,(H,21,22)/b20-9-/t10-/m1/s1. The molecular weight excluding hydrogens is 342 g/mol. The number of hydrogen-bond donors (Lipinski definition) is 1. The van der Waals surface area contributed by atoms with Gasteiger partial charge in [0.2, 0.25) is 6.10 Å². The van der Waals surface area contributed by atoms with Gasteiger partial charge in [-0.25, -0.2) is 4.39 Å². The Morgan fingerprint density at radius 2 is 2.09 bits per heavy atom. The third-order valence-corrected chi connectivity index (χ3v) is 3.38. The van der Waals surface area contributed by atoms with Gasteiger partial charge in [0.1, 0.15) is 5.82 Å². The zero-order valence-electron chi connectivity index (χ0n) is 12.1. The second-order valence-corrected chi connectivity index (χ2v) is 5.49. The molecule has 0 aliphatic heterocycles. The first-order valence-electron chi connectivity index (χ1n) is 6.66. The van der Waals surface area contributed by atoms with Gasteiger partial charge in [0.15, 0.2) is 0 Å². The Kier molecular flexibility index (Phi) is 5.96. The maximum absolute atomic E-state index is 13.0. The number of anilines is 1. The quantitative estimate of drug-likeness (QED) is 0.634.